The van der Waals surface area contributed by atoms with Gasteiger partial charge in [0.25, 0.3) is 0 Å². The summed E-state index contributed by atoms with van der Waals surface area (Å²) < 4.78 is 9.22. The van der Waals surface area contributed by atoms with E-state index in [0.29, 0.717) is 34.8 Å². The predicted molar refractivity (Wildman–Crippen MR) is 428 cm³/mol. The zero-order chi connectivity index (χ0) is 69.6. The molecule has 494 valence electrons. The van der Waals surface area contributed by atoms with Crippen molar-refractivity contribution in [1.29, 1.82) is 0 Å². The number of para-hydroxylation sites is 6. The summed E-state index contributed by atoms with van der Waals surface area (Å²) in [6.45, 7) is 0. The van der Waals surface area contributed by atoms with Crippen LogP contribution in [0, 0.1) is 0 Å². The molecule has 0 aliphatic heterocycles. The van der Waals surface area contributed by atoms with Gasteiger partial charge in [-0.1, -0.05) is 315 Å². The van der Waals surface area contributed by atoms with E-state index in [1.807, 2.05) is 72.8 Å². The van der Waals surface area contributed by atoms with Crippen LogP contribution >= 0.6 is 11.6 Å². The van der Waals surface area contributed by atoms with Crippen LogP contribution in [-0.2, 0) is 0 Å². The number of aromatic nitrogens is 10. The molecule has 0 spiro atoms. The van der Waals surface area contributed by atoms with Crippen LogP contribution in [0.15, 0.2) is 352 Å². The molecule has 14 heteroatoms. The molecule has 20 rings (SSSR count). The molecular formula is C90H62BClN10O2. The van der Waals surface area contributed by atoms with Gasteiger partial charge in [0, 0.05) is 72.3 Å². The van der Waals surface area contributed by atoms with E-state index < -0.39 is 7.12 Å². The summed E-state index contributed by atoms with van der Waals surface area (Å²) in [4.78, 5) is 29.7. The van der Waals surface area contributed by atoms with Gasteiger partial charge in [-0.15, -0.1) is 0 Å². The number of hydrogen-bond donors (Lipinski definition) is 2. The Bertz CT molecular complexity index is 6540. The number of hydrogen-bond acceptors (Lipinski definition) is 8. The molecule has 12 nitrogen and oxygen atoms in total. The molecule has 0 amide bonds. The Hall–Kier alpha value is -13.4. The predicted octanol–water partition coefficient (Wildman–Crippen LogP) is 20.7. The Kier molecular flexibility index (Phi) is 16.3. The Morgan fingerprint density at radius 3 is 0.856 bits per heavy atom. The molecule has 0 bridgehead atoms. The molecule has 14 aromatic carbocycles. The van der Waals surface area contributed by atoms with Gasteiger partial charge in [0.2, 0.25) is 17.2 Å². The van der Waals surface area contributed by atoms with Crippen LogP contribution in [-0.4, -0.2) is 65.3 Å². The quantitative estimate of drug-likeness (QED) is 0.129. The van der Waals surface area contributed by atoms with E-state index in [4.69, 9.17) is 46.6 Å². The molecule has 6 heterocycles. The molecule has 104 heavy (non-hydrogen) atoms. The van der Waals surface area contributed by atoms with Crippen molar-refractivity contribution >= 4 is 111 Å². The van der Waals surface area contributed by atoms with Gasteiger partial charge in [-0.05, 0) is 64.6 Å². The second-order valence-corrected chi connectivity index (χ2v) is 25.6. The third kappa shape index (κ3) is 11.2. The lowest BCUT2D eigenvalue weighted by atomic mass is 9.81. The van der Waals surface area contributed by atoms with Crippen LogP contribution in [0.3, 0.4) is 0 Å². The third-order valence-electron chi connectivity index (χ3n) is 19.2. The number of halogens is 1. The second-order valence-electron chi connectivity index (χ2n) is 25.3. The molecule has 0 aliphatic carbocycles. The summed E-state index contributed by atoms with van der Waals surface area (Å²) in [5.74, 6) is 2.83. The molecule has 0 fully saturated rings. The van der Waals surface area contributed by atoms with E-state index >= 15 is 0 Å². The van der Waals surface area contributed by atoms with Gasteiger partial charge in [-0.25, -0.2) is 4.98 Å². The van der Waals surface area contributed by atoms with E-state index in [-0.39, 0.29) is 6.71 Å². The van der Waals surface area contributed by atoms with Gasteiger partial charge in [0.15, 0.2) is 17.5 Å². The van der Waals surface area contributed by atoms with Gasteiger partial charge >= 0.3 is 7.12 Å². The lowest BCUT2D eigenvalue weighted by Crippen LogP contribution is -2.29. The maximum Gasteiger partial charge on any atom is 0.488 e. The topological polar surface area (TPSA) is 138 Å². The van der Waals surface area contributed by atoms with Gasteiger partial charge < -0.3 is 19.2 Å². The normalized spacial score (nSPS) is 11.4. The Morgan fingerprint density at radius 1 is 0.240 bits per heavy atom. The van der Waals surface area contributed by atoms with Gasteiger partial charge in [-0.2, -0.15) is 24.9 Å². The van der Waals surface area contributed by atoms with Crippen molar-refractivity contribution in [2.45, 2.75) is 0 Å². The number of benzene rings is 14. The molecule has 0 radical (unpaired) electrons. The molecule has 0 aliphatic rings. The first kappa shape index (κ1) is 62.8. The van der Waals surface area contributed by atoms with Crippen molar-refractivity contribution in [2.75, 3.05) is 0 Å². The Balaban J connectivity index is 0.000000138. The summed E-state index contributed by atoms with van der Waals surface area (Å²) in [5.41, 5.74) is 18.6. The highest BCUT2D eigenvalue weighted by molar-refractivity contribution is 6.58. The molecule has 0 atom stereocenters. The van der Waals surface area contributed by atoms with Crippen LogP contribution in [0.4, 0.5) is 0 Å². The van der Waals surface area contributed by atoms with E-state index in [1.54, 1.807) is 24.3 Å². The molecule has 0 unspecified atom stereocenters. The van der Waals surface area contributed by atoms with E-state index in [0.717, 1.165) is 116 Å². The lowest BCUT2D eigenvalue weighted by Gasteiger charge is -2.16. The first-order valence-electron chi connectivity index (χ1n) is 34.4. The van der Waals surface area contributed by atoms with Crippen LogP contribution in [0.1, 0.15) is 1.43 Å². The van der Waals surface area contributed by atoms with E-state index in [9.17, 15) is 0 Å². The van der Waals surface area contributed by atoms with E-state index in [1.165, 1.54) is 21.7 Å². The van der Waals surface area contributed by atoms with Crippen molar-refractivity contribution in [3.8, 4) is 79.7 Å². The van der Waals surface area contributed by atoms with Gasteiger partial charge in [0.05, 0.1) is 55.5 Å². The molecule has 20 aromatic rings. The lowest BCUT2D eigenvalue weighted by molar-refractivity contribution is 0.426. The average molecular weight is 1360 g/mol. The summed E-state index contributed by atoms with van der Waals surface area (Å²) >= 11 is 6.64. The van der Waals surface area contributed by atoms with Crippen LogP contribution < -0.4 is 5.46 Å². The third-order valence-corrected chi connectivity index (χ3v) is 19.4. The molecule has 0 saturated carbocycles. The van der Waals surface area contributed by atoms with Crippen molar-refractivity contribution in [2.24, 2.45) is 0 Å². The minimum Gasteiger partial charge on any atom is -0.423 e. The van der Waals surface area contributed by atoms with Crippen LogP contribution in [0.25, 0.3) is 167 Å². The summed E-state index contributed by atoms with van der Waals surface area (Å²) in [7, 11) is -1.34. The SMILES string of the molecule is Clc1nc(-c2ccccc2)nc(-n2c3ccccc3c3ccc4c5ccccc5n(-c5ccccc5-c5ccccc5)c4c32)n1.OB(O)c1ccccc1.[2HH].c1ccc(-c2nc(-c3ccccc3)nc(-n3c4ccccc4c4ccc5c6ccccc6n(-c6ccccc6-c6ccccc6)c5c43)n2)cc1. The standard InChI is InChI=1S/C45H29N5.C39H24ClN5.C6H7BO2.H2/c1-4-16-30(17-5-1)33-22-10-13-25-38(33)49-39-26-14-11-23-34(39)36-28-29-37-35-24-12-15-27-40(35)50(42(37)41(36)49)45-47-43(31-18-6-2-7-19-31)46-44(48-45)32-20-8-3-9-21-32;40-38-41-37(26-15-5-2-6-16-26)42-39(43-38)45-34-22-12-9-19-29(34)31-24-23-30-28-18-8-11-21-33(28)44(35(30)36(31)45)32-20-10-7-17-27(32)25-13-3-1-4-14-25;8-7(9)6-4-2-1-3-5-6;/h1-29H;1-24H;1-5,8-9H;1H/i;;;1+1. The van der Waals surface area contributed by atoms with Crippen LogP contribution in [0.2, 0.25) is 5.28 Å². The average Bonchev–Trinajstić information content (AvgIpc) is 1.55. The first-order chi connectivity index (χ1) is 51.4. The van der Waals surface area contributed by atoms with Crippen molar-refractivity contribution < 1.29 is 11.5 Å². The first-order valence-corrected chi connectivity index (χ1v) is 34.7. The fraction of sp³-hybridized carbons (Fsp3) is 0. The number of rotatable bonds is 10. The zero-order valence-electron chi connectivity index (χ0n) is 55.8. The molecule has 6 aromatic heterocycles. The maximum absolute atomic E-state index is 8.58. The monoisotopic (exact) mass is 1360 g/mol. The minimum atomic E-state index is -1.34. The van der Waals surface area contributed by atoms with E-state index in [2.05, 4.69) is 278 Å². The smallest absolute Gasteiger partial charge is 0.423 e. The highest BCUT2D eigenvalue weighted by atomic mass is 35.5. The summed E-state index contributed by atoms with van der Waals surface area (Å²) in [6, 6.07) is 121. The maximum atomic E-state index is 8.58. The second kappa shape index (κ2) is 26.9. The Labute approximate surface area is 604 Å². The fourth-order valence-electron chi connectivity index (χ4n) is 14.7. The van der Waals surface area contributed by atoms with Crippen molar-refractivity contribution in [3.63, 3.8) is 0 Å². The summed E-state index contributed by atoms with van der Waals surface area (Å²) in [6.07, 6.45) is 0. The number of nitrogens with zero attached hydrogens (tertiary/aromatic N) is 10. The van der Waals surface area contributed by atoms with Crippen molar-refractivity contribution in [3.05, 3.63) is 357 Å². The van der Waals surface area contributed by atoms with Gasteiger partial charge in [-0.3, -0.25) is 9.13 Å². The summed E-state index contributed by atoms with van der Waals surface area (Å²) in [5, 5.41) is 26.5. The van der Waals surface area contributed by atoms with Crippen LogP contribution in [0.5, 0.6) is 0 Å². The molecular weight excluding hydrogens is 1300 g/mol. The highest BCUT2D eigenvalue weighted by Gasteiger charge is 2.27. The fourth-order valence-corrected chi connectivity index (χ4v) is 14.8. The highest BCUT2D eigenvalue weighted by Crippen LogP contribution is 2.46. The Morgan fingerprint density at radius 2 is 0.510 bits per heavy atom. The zero-order valence-corrected chi connectivity index (χ0v) is 56.6. The van der Waals surface area contributed by atoms with Gasteiger partial charge in [0.1, 0.15) is 0 Å². The molecule has 0 saturated heterocycles. The largest absolute Gasteiger partial charge is 0.488 e. The minimum absolute atomic E-state index is 0. The van der Waals surface area contributed by atoms with Crippen molar-refractivity contribution in [1.82, 2.24) is 48.2 Å². The molecule has 2 N–H and O–H groups in total. The number of fused-ring (bicyclic) bond motifs is 14.